The van der Waals surface area contributed by atoms with E-state index < -0.39 is 5.82 Å². The normalized spacial score (nSPS) is 13.8. The maximum Gasteiger partial charge on any atom is 0.243 e. The molecule has 4 rings (SSSR count). The van der Waals surface area contributed by atoms with Gasteiger partial charge in [-0.2, -0.15) is 0 Å². The van der Waals surface area contributed by atoms with Gasteiger partial charge in [0.05, 0.1) is 27.3 Å². The Morgan fingerprint density at radius 2 is 2.00 bits per heavy atom. The van der Waals surface area contributed by atoms with Gasteiger partial charge in [0.1, 0.15) is 23.5 Å². The molecule has 1 fully saturated rings. The molecule has 2 aromatic heterocycles. The van der Waals surface area contributed by atoms with Gasteiger partial charge in [0.15, 0.2) is 5.82 Å². The molecule has 0 unspecified atom stereocenters. The standard InChI is InChI=1S/C19H15Cl2FN6O/c1-2-17(29)25-10-7-28(8-10)16-4-3-14-18(27-16)19(24-9-23-14)26-15-6-12(21)11(20)5-13(15)22/h2-6,9-10H,1,7-8H2,(H,25,29)(H,23,24,26). The molecule has 7 nitrogen and oxygen atoms in total. The first kappa shape index (κ1) is 19.4. The Morgan fingerprint density at radius 3 is 2.76 bits per heavy atom. The van der Waals surface area contributed by atoms with Gasteiger partial charge in [-0.3, -0.25) is 4.79 Å². The summed E-state index contributed by atoms with van der Waals surface area (Å²) in [7, 11) is 0. The Morgan fingerprint density at radius 1 is 1.24 bits per heavy atom. The Kier molecular flexibility index (Phi) is 5.21. The third-order valence-electron chi connectivity index (χ3n) is 4.47. The van der Waals surface area contributed by atoms with E-state index in [1.165, 1.54) is 18.5 Å². The van der Waals surface area contributed by atoms with E-state index in [9.17, 15) is 9.18 Å². The first-order chi connectivity index (χ1) is 13.9. The lowest BCUT2D eigenvalue weighted by Gasteiger charge is -2.40. The van der Waals surface area contributed by atoms with Gasteiger partial charge >= 0.3 is 0 Å². The molecule has 1 amide bonds. The summed E-state index contributed by atoms with van der Waals surface area (Å²) in [4.78, 5) is 26.4. The number of nitrogens with zero attached hydrogens (tertiary/aromatic N) is 4. The minimum absolute atomic E-state index is 0.0351. The fourth-order valence-corrected chi connectivity index (χ4v) is 3.27. The summed E-state index contributed by atoms with van der Waals surface area (Å²) in [6.45, 7) is 4.68. The second-order valence-electron chi connectivity index (χ2n) is 6.45. The molecule has 29 heavy (non-hydrogen) atoms. The van der Waals surface area contributed by atoms with Crippen LogP contribution in [0.4, 0.5) is 21.7 Å². The number of fused-ring (bicyclic) bond motifs is 1. The van der Waals surface area contributed by atoms with E-state index in [1.54, 1.807) is 0 Å². The molecule has 0 spiro atoms. The van der Waals surface area contributed by atoms with E-state index in [-0.39, 0.29) is 27.7 Å². The van der Waals surface area contributed by atoms with Crippen LogP contribution in [0.15, 0.2) is 43.2 Å². The van der Waals surface area contributed by atoms with Crippen LogP contribution in [0.3, 0.4) is 0 Å². The summed E-state index contributed by atoms with van der Waals surface area (Å²) in [5, 5.41) is 6.09. The zero-order valence-electron chi connectivity index (χ0n) is 15.0. The molecule has 3 heterocycles. The van der Waals surface area contributed by atoms with Crippen LogP contribution in [-0.4, -0.2) is 40.0 Å². The van der Waals surface area contributed by atoms with Crippen LogP contribution < -0.4 is 15.5 Å². The average Bonchev–Trinajstić information content (AvgIpc) is 2.68. The largest absolute Gasteiger partial charge is 0.352 e. The molecule has 3 aromatic rings. The van der Waals surface area contributed by atoms with E-state index in [4.69, 9.17) is 23.2 Å². The summed E-state index contributed by atoms with van der Waals surface area (Å²) < 4.78 is 14.2. The lowest BCUT2D eigenvalue weighted by Crippen LogP contribution is -2.59. The van der Waals surface area contributed by atoms with Gasteiger partial charge in [0.25, 0.3) is 0 Å². The van der Waals surface area contributed by atoms with Crippen molar-refractivity contribution in [3.63, 3.8) is 0 Å². The second kappa shape index (κ2) is 7.81. The van der Waals surface area contributed by atoms with Gasteiger partial charge < -0.3 is 15.5 Å². The Bertz CT molecular complexity index is 1120. The van der Waals surface area contributed by atoms with Crippen LogP contribution in [0.2, 0.25) is 10.0 Å². The molecular weight excluding hydrogens is 418 g/mol. The van der Waals surface area contributed by atoms with Crippen molar-refractivity contribution < 1.29 is 9.18 Å². The zero-order valence-corrected chi connectivity index (χ0v) is 16.5. The fraction of sp³-hybridized carbons (Fsp3) is 0.158. The van der Waals surface area contributed by atoms with Crippen molar-refractivity contribution in [2.45, 2.75) is 6.04 Å². The van der Waals surface area contributed by atoms with Crippen molar-refractivity contribution >= 4 is 57.5 Å². The first-order valence-corrected chi connectivity index (χ1v) is 9.41. The molecule has 1 aromatic carbocycles. The molecule has 0 aliphatic carbocycles. The Balaban J connectivity index is 1.60. The predicted molar refractivity (Wildman–Crippen MR) is 111 cm³/mol. The second-order valence-corrected chi connectivity index (χ2v) is 7.26. The number of nitrogens with one attached hydrogen (secondary N) is 2. The molecule has 2 N–H and O–H groups in total. The maximum atomic E-state index is 14.2. The highest BCUT2D eigenvalue weighted by molar-refractivity contribution is 6.42. The molecular formula is C19H15Cl2FN6O. The van der Waals surface area contributed by atoms with Gasteiger partial charge in [-0.15, -0.1) is 0 Å². The minimum atomic E-state index is -0.564. The van der Waals surface area contributed by atoms with E-state index in [0.717, 1.165) is 6.07 Å². The highest BCUT2D eigenvalue weighted by Gasteiger charge is 2.28. The number of hydrogen-bond donors (Lipinski definition) is 2. The number of hydrogen-bond acceptors (Lipinski definition) is 6. The molecule has 10 heteroatoms. The lowest BCUT2D eigenvalue weighted by atomic mass is 10.1. The van der Waals surface area contributed by atoms with Gasteiger partial charge in [-0.1, -0.05) is 29.8 Å². The van der Waals surface area contributed by atoms with E-state index in [1.807, 2.05) is 17.0 Å². The predicted octanol–water partition coefficient (Wildman–Crippen LogP) is 3.71. The summed E-state index contributed by atoms with van der Waals surface area (Å²) in [5.41, 5.74) is 1.21. The van der Waals surface area contributed by atoms with Crippen LogP contribution in [0, 0.1) is 5.82 Å². The smallest absolute Gasteiger partial charge is 0.243 e. The van der Waals surface area contributed by atoms with Crippen molar-refractivity contribution in [2.75, 3.05) is 23.3 Å². The molecule has 148 valence electrons. The minimum Gasteiger partial charge on any atom is -0.352 e. The van der Waals surface area contributed by atoms with E-state index >= 15 is 0 Å². The number of rotatable bonds is 5. The van der Waals surface area contributed by atoms with Crippen molar-refractivity contribution in [3.05, 3.63) is 59.1 Å². The topological polar surface area (TPSA) is 83.0 Å². The number of carbonyl (C=O) groups is 1. The fourth-order valence-electron chi connectivity index (χ4n) is 2.96. The van der Waals surface area contributed by atoms with Crippen LogP contribution in [0.5, 0.6) is 0 Å². The summed E-state index contributed by atoms with van der Waals surface area (Å²) in [5.74, 6) is 0.274. The number of pyridine rings is 1. The summed E-state index contributed by atoms with van der Waals surface area (Å²) in [6.07, 6.45) is 2.61. The Hall–Kier alpha value is -2.97. The van der Waals surface area contributed by atoms with Crippen LogP contribution >= 0.6 is 23.2 Å². The highest BCUT2D eigenvalue weighted by atomic mass is 35.5. The molecule has 1 saturated heterocycles. The van der Waals surface area contributed by atoms with Gasteiger partial charge in [-0.25, -0.2) is 19.3 Å². The van der Waals surface area contributed by atoms with Crippen molar-refractivity contribution in [1.82, 2.24) is 20.3 Å². The van der Waals surface area contributed by atoms with Crippen LogP contribution in [-0.2, 0) is 4.79 Å². The molecule has 1 aliphatic heterocycles. The quantitative estimate of drug-likeness (QED) is 0.472. The third-order valence-corrected chi connectivity index (χ3v) is 5.19. The first-order valence-electron chi connectivity index (χ1n) is 8.66. The molecule has 0 bridgehead atoms. The van der Waals surface area contributed by atoms with Crippen LogP contribution in [0.25, 0.3) is 11.0 Å². The molecule has 0 atom stereocenters. The monoisotopic (exact) mass is 432 g/mol. The molecule has 0 saturated carbocycles. The number of anilines is 3. The van der Waals surface area contributed by atoms with Crippen molar-refractivity contribution in [2.24, 2.45) is 0 Å². The van der Waals surface area contributed by atoms with Gasteiger partial charge in [0, 0.05) is 13.1 Å². The van der Waals surface area contributed by atoms with Crippen molar-refractivity contribution in [3.8, 4) is 0 Å². The van der Waals surface area contributed by atoms with Crippen molar-refractivity contribution in [1.29, 1.82) is 0 Å². The maximum absolute atomic E-state index is 14.2. The number of carbonyl (C=O) groups excluding carboxylic acids is 1. The van der Waals surface area contributed by atoms with E-state index in [2.05, 4.69) is 32.2 Å². The number of halogens is 3. The van der Waals surface area contributed by atoms with Gasteiger partial charge in [0.2, 0.25) is 5.91 Å². The third kappa shape index (κ3) is 3.94. The molecule has 1 aliphatic rings. The number of amides is 1. The SMILES string of the molecule is C=CC(=O)NC1CN(c2ccc3ncnc(Nc4cc(Cl)c(Cl)cc4F)c3n2)C1. The Labute approximate surface area is 175 Å². The highest BCUT2D eigenvalue weighted by Crippen LogP contribution is 2.31. The summed E-state index contributed by atoms with van der Waals surface area (Å²) in [6, 6.07) is 6.20. The average molecular weight is 433 g/mol. The zero-order chi connectivity index (χ0) is 20.5. The lowest BCUT2D eigenvalue weighted by molar-refractivity contribution is -0.117. The van der Waals surface area contributed by atoms with Crippen LogP contribution in [0.1, 0.15) is 0 Å². The van der Waals surface area contributed by atoms with Gasteiger partial charge in [-0.05, 0) is 30.3 Å². The number of aromatic nitrogens is 3. The number of benzene rings is 1. The summed E-state index contributed by atoms with van der Waals surface area (Å²) >= 11 is 11.8. The van der Waals surface area contributed by atoms with E-state index in [0.29, 0.717) is 35.8 Å². The molecule has 0 radical (unpaired) electrons.